The SMILES string of the molecule is CC1=C([O-])[C@@H](O)CC(C)(C)C1=O.[Na+]. The molecule has 0 spiro atoms. The van der Waals surface area contributed by atoms with Crippen molar-refractivity contribution in [3.63, 3.8) is 0 Å². The van der Waals surface area contributed by atoms with E-state index in [-0.39, 0.29) is 47.3 Å². The summed E-state index contributed by atoms with van der Waals surface area (Å²) in [6.07, 6.45) is -0.750. The van der Waals surface area contributed by atoms with Crippen molar-refractivity contribution in [1.82, 2.24) is 0 Å². The summed E-state index contributed by atoms with van der Waals surface area (Å²) in [5.41, 5.74) is -0.407. The molecule has 3 nitrogen and oxygen atoms in total. The van der Waals surface area contributed by atoms with Crippen LogP contribution >= 0.6 is 0 Å². The Morgan fingerprint density at radius 3 is 2.46 bits per heavy atom. The van der Waals surface area contributed by atoms with Crippen molar-refractivity contribution in [3.8, 4) is 0 Å². The normalized spacial score (nSPS) is 27.1. The second-order valence-corrected chi connectivity index (χ2v) is 3.92. The molecule has 1 rings (SSSR count). The molecular formula is C9H13NaO3. The molecule has 0 aliphatic heterocycles. The van der Waals surface area contributed by atoms with Gasteiger partial charge in [0.2, 0.25) is 0 Å². The summed E-state index contributed by atoms with van der Waals surface area (Å²) in [7, 11) is 0. The molecule has 0 saturated carbocycles. The van der Waals surface area contributed by atoms with Crippen molar-refractivity contribution in [2.24, 2.45) is 5.41 Å². The van der Waals surface area contributed by atoms with Gasteiger partial charge in [0.1, 0.15) is 0 Å². The minimum atomic E-state index is -0.988. The van der Waals surface area contributed by atoms with Crippen LogP contribution < -0.4 is 34.7 Å². The fourth-order valence-corrected chi connectivity index (χ4v) is 1.54. The molecule has 0 saturated heterocycles. The third-order valence-electron chi connectivity index (χ3n) is 2.33. The van der Waals surface area contributed by atoms with Crippen molar-refractivity contribution in [2.45, 2.75) is 33.3 Å². The van der Waals surface area contributed by atoms with Gasteiger partial charge < -0.3 is 10.2 Å². The molecule has 0 aromatic heterocycles. The van der Waals surface area contributed by atoms with Gasteiger partial charge in [-0.15, -0.1) is 0 Å². The van der Waals surface area contributed by atoms with Crippen molar-refractivity contribution in [3.05, 3.63) is 11.3 Å². The van der Waals surface area contributed by atoms with E-state index in [2.05, 4.69) is 0 Å². The van der Waals surface area contributed by atoms with E-state index in [1.54, 1.807) is 13.8 Å². The molecule has 0 aromatic carbocycles. The van der Waals surface area contributed by atoms with Gasteiger partial charge in [0.15, 0.2) is 5.78 Å². The van der Waals surface area contributed by atoms with Crippen molar-refractivity contribution in [2.75, 3.05) is 0 Å². The van der Waals surface area contributed by atoms with E-state index in [0.29, 0.717) is 0 Å². The molecule has 13 heavy (non-hydrogen) atoms. The van der Waals surface area contributed by atoms with E-state index >= 15 is 0 Å². The Bertz CT molecular complexity index is 256. The molecule has 0 unspecified atom stereocenters. The zero-order chi connectivity index (χ0) is 9.52. The number of hydrogen-bond acceptors (Lipinski definition) is 3. The molecular weight excluding hydrogens is 179 g/mol. The smallest absolute Gasteiger partial charge is 0.873 e. The Labute approximate surface area is 100 Å². The minimum absolute atomic E-state index is 0. The first-order valence-corrected chi connectivity index (χ1v) is 3.97. The van der Waals surface area contributed by atoms with Gasteiger partial charge in [0.05, 0.1) is 6.10 Å². The monoisotopic (exact) mass is 192 g/mol. The third kappa shape index (κ3) is 2.34. The molecule has 4 heteroatoms. The number of hydrogen-bond donors (Lipinski definition) is 1. The minimum Gasteiger partial charge on any atom is -0.873 e. The van der Waals surface area contributed by atoms with Crippen LogP contribution in [-0.2, 0) is 4.79 Å². The summed E-state index contributed by atoms with van der Waals surface area (Å²) in [5, 5.41) is 20.4. The number of carbonyl (C=O) groups excluding carboxylic acids is 1. The zero-order valence-corrected chi connectivity index (χ0v) is 10.5. The van der Waals surface area contributed by atoms with Gasteiger partial charge in [-0.1, -0.05) is 19.6 Å². The first kappa shape index (κ1) is 13.2. The van der Waals surface area contributed by atoms with Crippen LogP contribution in [0.5, 0.6) is 0 Å². The fourth-order valence-electron chi connectivity index (χ4n) is 1.54. The van der Waals surface area contributed by atoms with Crippen LogP contribution in [0.25, 0.3) is 0 Å². The van der Waals surface area contributed by atoms with Gasteiger partial charge in [-0.05, 0) is 18.9 Å². The van der Waals surface area contributed by atoms with E-state index in [1.807, 2.05) is 0 Å². The van der Waals surface area contributed by atoms with Gasteiger partial charge >= 0.3 is 29.6 Å². The molecule has 1 aliphatic rings. The third-order valence-corrected chi connectivity index (χ3v) is 2.33. The maximum absolute atomic E-state index is 11.4. The Balaban J connectivity index is 0.00000144. The first-order valence-electron chi connectivity index (χ1n) is 3.97. The summed E-state index contributed by atoms with van der Waals surface area (Å²) in [6.45, 7) is 4.97. The predicted molar refractivity (Wildman–Crippen MR) is 42.1 cm³/mol. The molecule has 0 radical (unpaired) electrons. The number of aliphatic hydroxyl groups excluding tert-OH is 1. The molecule has 0 amide bonds. The van der Waals surface area contributed by atoms with Crippen molar-refractivity contribution < 1.29 is 44.6 Å². The number of ketones is 1. The molecule has 0 heterocycles. The van der Waals surface area contributed by atoms with Crippen LogP contribution in [0, 0.1) is 5.41 Å². The maximum Gasteiger partial charge on any atom is 1.00 e. The van der Waals surface area contributed by atoms with Gasteiger partial charge in [-0.25, -0.2) is 0 Å². The second kappa shape index (κ2) is 4.13. The van der Waals surface area contributed by atoms with Crippen molar-refractivity contribution >= 4 is 5.78 Å². The molecule has 1 N–H and O–H groups in total. The number of Topliss-reactive ketones (excluding diaryl/α,β-unsaturated/α-hetero) is 1. The van der Waals surface area contributed by atoms with Gasteiger partial charge in [0.25, 0.3) is 0 Å². The van der Waals surface area contributed by atoms with Crippen LogP contribution in [0.1, 0.15) is 27.2 Å². The average Bonchev–Trinajstić information content (AvgIpc) is 1.97. The van der Waals surface area contributed by atoms with Crippen LogP contribution in [0.15, 0.2) is 11.3 Å². The number of rotatable bonds is 0. The topological polar surface area (TPSA) is 60.4 Å². The maximum atomic E-state index is 11.4. The average molecular weight is 192 g/mol. The van der Waals surface area contributed by atoms with Crippen LogP contribution in [-0.4, -0.2) is 17.0 Å². The Morgan fingerprint density at radius 2 is 2.00 bits per heavy atom. The molecule has 1 aliphatic carbocycles. The van der Waals surface area contributed by atoms with Crippen LogP contribution in [0.3, 0.4) is 0 Å². The summed E-state index contributed by atoms with van der Waals surface area (Å²) < 4.78 is 0. The van der Waals surface area contributed by atoms with Crippen molar-refractivity contribution in [1.29, 1.82) is 0 Å². The predicted octanol–water partition coefficient (Wildman–Crippen LogP) is -3.02. The summed E-state index contributed by atoms with van der Waals surface area (Å²) in [5.74, 6) is -0.558. The molecule has 68 valence electrons. The molecule has 1 atom stereocenters. The molecule has 0 bridgehead atoms. The number of aliphatic hydroxyl groups is 1. The van der Waals surface area contributed by atoms with E-state index in [0.717, 1.165) is 0 Å². The Kier molecular flexibility index (Phi) is 4.19. The summed E-state index contributed by atoms with van der Waals surface area (Å²) in [4.78, 5) is 11.4. The Hall–Kier alpha value is 0.170. The van der Waals surface area contributed by atoms with E-state index in [9.17, 15) is 15.0 Å². The standard InChI is InChI=1S/C9H14O3.Na/c1-5-7(11)6(10)4-9(2,3)8(5)12;/h6,10-11H,4H2,1-3H3;/q;+1/p-1/t6-;/m0./s1. The first-order chi connectivity index (χ1) is 5.36. The molecule has 0 fully saturated rings. The zero-order valence-electron chi connectivity index (χ0n) is 8.55. The number of carbonyl (C=O) groups is 1. The second-order valence-electron chi connectivity index (χ2n) is 3.92. The van der Waals surface area contributed by atoms with Gasteiger partial charge in [-0.3, -0.25) is 4.79 Å². The Morgan fingerprint density at radius 1 is 1.54 bits per heavy atom. The number of allylic oxidation sites excluding steroid dienone is 1. The van der Waals surface area contributed by atoms with Gasteiger partial charge in [-0.2, -0.15) is 0 Å². The fraction of sp³-hybridized carbons (Fsp3) is 0.667. The van der Waals surface area contributed by atoms with E-state index < -0.39 is 17.3 Å². The molecule has 0 aromatic rings. The largest absolute Gasteiger partial charge is 1.00 e. The van der Waals surface area contributed by atoms with E-state index in [4.69, 9.17) is 0 Å². The summed E-state index contributed by atoms with van der Waals surface area (Å²) in [6, 6.07) is 0. The summed E-state index contributed by atoms with van der Waals surface area (Å²) >= 11 is 0. The van der Waals surface area contributed by atoms with Crippen LogP contribution in [0.2, 0.25) is 0 Å². The van der Waals surface area contributed by atoms with E-state index in [1.165, 1.54) is 6.92 Å². The van der Waals surface area contributed by atoms with Crippen LogP contribution in [0.4, 0.5) is 0 Å². The van der Waals surface area contributed by atoms with Gasteiger partial charge in [0, 0.05) is 5.41 Å². The quantitative estimate of drug-likeness (QED) is 0.416.